The number of aromatic nitrogens is 3. The Hall–Kier alpha value is -1.95. The van der Waals surface area contributed by atoms with Crippen molar-refractivity contribution in [2.24, 2.45) is 0 Å². The molecule has 1 saturated heterocycles. The molecule has 3 rings (SSSR count). The molecule has 0 bridgehead atoms. The molecule has 1 aromatic heterocycles. The molecule has 100 valence electrons. The van der Waals surface area contributed by atoms with Gasteiger partial charge in [-0.25, -0.2) is 9.48 Å². The van der Waals surface area contributed by atoms with Gasteiger partial charge in [0.05, 0.1) is 16.6 Å². The van der Waals surface area contributed by atoms with Crippen molar-refractivity contribution in [3.8, 4) is 0 Å². The van der Waals surface area contributed by atoms with E-state index in [1.807, 2.05) is 4.68 Å². The van der Waals surface area contributed by atoms with Gasteiger partial charge in [-0.2, -0.15) is 0 Å². The van der Waals surface area contributed by atoms with Gasteiger partial charge in [0.2, 0.25) is 0 Å². The third-order valence-electron chi connectivity index (χ3n) is 3.77. The second kappa shape index (κ2) is 4.31. The number of hydrogen-bond acceptors (Lipinski definition) is 4. The summed E-state index contributed by atoms with van der Waals surface area (Å²) in [5, 5.41) is 17.3. The number of aromatic carboxylic acids is 1. The molecule has 6 heteroatoms. The molecule has 1 aromatic carbocycles. The fourth-order valence-electron chi connectivity index (χ4n) is 2.48. The third-order valence-corrected chi connectivity index (χ3v) is 3.77. The normalized spacial score (nSPS) is 18.6. The minimum Gasteiger partial charge on any atom is -0.478 e. The van der Waals surface area contributed by atoms with Gasteiger partial charge < -0.3 is 9.84 Å². The van der Waals surface area contributed by atoms with Gasteiger partial charge in [-0.1, -0.05) is 5.21 Å². The highest BCUT2D eigenvalue weighted by Crippen LogP contribution is 2.30. The topological polar surface area (TPSA) is 77.2 Å². The fourth-order valence-corrected chi connectivity index (χ4v) is 2.48. The van der Waals surface area contributed by atoms with Gasteiger partial charge in [-0.15, -0.1) is 5.10 Å². The SMILES string of the molecule is CC1(n2nnc3cc(C(=O)O)ccc32)CCOCC1. The van der Waals surface area contributed by atoms with E-state index in [-0.39, 0.29) is 11.1 Å². The molecule has 1 N–H and O–H groups in total. The monoisotopic (exact) mass is 261 g/mol. The Bertz CT molecular complexity index is 629. The maximum absolute atomic E-state index is 10.9. The summed E-state index contributed by atoms with van der Waals surface area (Å²) in [4.78, 5) is 10.9. The molecular weight excluding hydrogens is 246 g/mol. The number of carboxylic acid groups (broad SMARTS) is 1. The van der Waals surface area contributed by atoms with Gasteiger partial charge >= 0.3 is 5.97 Å². The van der Waals surface area contributed by atoms with Crippen LogP contribution >= 0.6 is 0 Å². The summed E-state index contributed by atoms with van der Waals surface area (Å²) >= 11 is 0. The quantitative estimate of drug-likeness (QED) is 0.889. The van der Waals surface area contributed by atoms with Gasteiger partial charge in [0.25, 0.3) is 0 Å². The number of hydrogen-bond donors (Lipinski definition) is 1. The Balaban J connectivity index is 2.08. The maximum atomic E-state index is 10.9. The van der Waals surface area contributed by atoms with Crippen LogP contribution in [-0.4, -0.2) is 39.3 Å². The molecule has 0 amide bonds. The number of carboxylic acids is 1. The van der Waals surface area contributed by atoms with Crippen LogP contribution in [0.5, 0.6) is 0 Å². The van der Waals surface area contributed by atoms with E-state index in [9.17, 15) is 4.79 Å². The predicted molar refractivity (Wildman–Crippen MR) is 68.2 cm³/mol. The molecule has 1 aliphatic rings. The van der Waals surface area contributed by atoms with Gasteiger partial charge in [-0.3, -0.25) is 0 Å². The van der Waals surface area contributed by atoms with Gasteiger partial charge in [-0.05, 0) is 38.0 Å². The molecule has 0 saturated carbocycles. The predicted octanol–water partition coefficient (Wildman–Crippen LogP) is 1.66. The Morgan fingerprint density at radius 3 is 2.84 bits per heavy atom. The number of benzene rings is 1. The number of rotatable bonds is 2. The molecule has 2 heterocycles. The zero-order valence-corrected chi connectivity index (χ0v) is 10.7. The van der Waals surface area contributed by atoms with Crippen molar-refractivity contribution in [2.75, 3.05) is 13.2 Å². The smallest absolute Gasteiger partial charge is 0.335 e. The van der Waals surface area contributed by atoms with Crippen LogP contribution in [0.4, 0.5) is 0 Å². The van der Waals surface area contributed by atoms with E-state index < -0.39 is 5.97 Å². The molecule has 0 atom stereocenters. The number of nitrogens with zero attached hydrogens (tertiary/aromatic N) is 3. The highest BCUT2D eigenvalue weighted by atomic mass is 16.5. The Kier molecular flexibility index (Phi) is 2.74. The van der Waals surface area contributed by atoms with E-state index in [0.717, 1.165) is 18.4 Å². The molecule has 0 aliphatic carbocycles. The van der Waals surface area contributed by atoms with Crippen molar-refractivity contribution in [1.82, 2.24) is 15.0 Å². The van der Waals surface area contributed by atoms with Gasteiger partial charge in [0.1, 0.15) is 5.52 Å². The van der Waals surface area contributed by atoms with Crippen LogP contribution in [-0.2, 0) is 10.3 Å². The molecule has 0 radical (unpaired) electrons. The summed E-state index contributed by atoms with van der Waals surface area (Å²) in [6, 6.07) is 4.93. The van der Waals surface area contributed by atoms with Crippen molar-refractivity contribution >= 4 is 17.0 Å². The lowest BCUT2D eigenvalue weighted by atomic mass is 9.92. The maximum Gasteiger partial charge on any atom is 0.335 e. The minimum atomic E-state index is -0.950. The van der Waals surface area contributed by atoms with Gasteiger partial charge in [0.15, 0.2) is 0 Å². The molecule has 0 unspecified atom stereocenters. The Labute approximate surface area is 110 Å². The molecule has 2 aromatic rings. The minimum absolute atomic E-state index is 0.113. The summed E-state index contributed by atoms with van der Waals surface area (Å²) in [6.07, 6.45) is 1.76. The van der Waals surface area contributed by atoms with E-state index >= 15 is 0 Å². The highest BCUT2D eigenvalue weighted by molar-refractivity contribution is 5.92. The van der Waals surface area contributed by atoms with Crippen molar-refractivity contribution in [1.29, 1.82) is 0 Å². The van der Waals surface area contributed by atoms with E-state index in [4.69, 9.17) is 9.84 Å². The van der Waals surface area contributed by atoms with Crippen molar-refractivity contribution in [3.63, 3.8) is 0 Å². The van der Waals surface area contributed by atoms with E-state index in [1.165, 1.54) is 0 Å². The standard InChI is InChI=1S/C13H15N3O3/c1-13(4-6-19-7-5-13)16-11-3-2-9(12(17)18)8-10(11)14-15-16/h2-3,8H,4-7H2,1H3,(H,17,18). The Morgan fingerprint density at radius 1 is 1.42 bits per heavy atom. The van der Waals surface area contributed by atoms with Crippen molar-refractivity contribution in [3.05, 3.63) is 23.8 Å². The van der Waals surface area contributed by atoms with Crippen LogP contribution in [0.25, 0.3) is 11.0 Å². The summed E-state index contributed by atoms with van der Waals surface area (Å²) in [7, 11) is 0. The number of ether oxygens (including phenoxy) is 1. The lowest BCUT2D eigenvalue weighted by Gasteiger charge is -2.33. The number of fused-ring (bicyclic) bond motifs is 1. The van der Waals surface area contributed by atoms with Crippen LogP contribution in [0.2, 0.25) is 0 Å². The molecule has 19 heavy (non-hydrogen) atoms. The first-order chi connectivity index (χ1) is 9.10. The zero-order valence-electron chi connectivity index (χ0n) is 10.7. The fraction of sp³-hybridized carbons (Fsp3) is 0.462. The van der Waals surface area contributed by atoms with Gasteiger partial charge in [0, 0.05) is 13.2 Å². The number of carbonyl (C=O) groups is 1. The van der Waals surface area contributed by atoms with E-state index in [2.05, 4.69) is 17.2 Å². The molecule has 1 aliphatic heterocycles. The van der Waals surface area contributed by atoms with Crippen LogP contribution < -0.4 is 0 Å². The molecule has 0 spiro atoms. The lowest BCUT2D eigenvalue weighted by Crippen LogP contribution is -2.37. The van der Waals surface area contributed by atoms with Crippen LogP contribution in [0.1, 0.15) is 30.1 Å². The first-order valence-electron chi connectivity index (χ1n) is 6.27. The van der Waals surface area contributed by atoms with Crippen molar-refractivity contribution < 1.29 is 14.6 Å². The third kappa shape index (κ3) is 1.98. The summed E-state index contributed by atoms with van der Waals surface area (Å²) in [6.45, 7) is 3.56. The molecule has 1 fully saturated rings. The lowest BCUT2D eigenvalue weighted by molar-refractivity contribution is 0.0252. The van der Waals surface area contributed by atoms with Crippen LogP contribution in [0.3, 0.4) is 0 Å². The highest BCUT2D eigenvalue weighted by Gasteiger charge is 2.31. The summed E-state index contributed by atoms with van der Waals surface area (Å²) in [5.74, 6) is -0.950. The average Bonchev–Trinajstić information content (AvgIpc) is 2.83. The Morgan fingerprint density at radius 2 is 2.16 bits per heavy atom. The second-order valence-corrected chi connectivity index (χ2v) is 5.12. The van der Waals surface area contributed by atoms with Crippen molar-refractivity contribution in [2.45, 2.75) is 25.3 Å². The molecular formula is C13H15N3O3. The molecule has 6 nitrogen and oxygen atoms in total. The van der Waals surface area contributed by atoms with Crippen LogP contribution in [0, 0.1) is 0 Å². The van der Waals surface area contributed by atoms with E-state index in [1.54, 1.807) is 18.2 Å². The first kappa shape index (κ1) is 12.1. The zero-order chi connectivity index (χ0) is 13.5. The second-order valence-electron chi connectivity index (χ2n) is 5.12. The average molecular weight is 261 g/mol. The van der Waals surface area contributed by atoms with Crippen LogP contribution in [0.15, 0.2) is 18.2 Å². The van der Waals surface area contributed by atoms with E-state index in [0.29, 0.717) is 18.7 Å². The summed E-state index contributed by atoms with van der Waals surface area (Å²) in [5.41, 5.74) is 1.61. The summed E-state index contributed by atoms with van der Waals surface area (Å²) < 4.78 is 7.29. The first-order valence-corrected chi connectivity index (χ1v) is 6.27. The largest absolute Gasteiger partial charge is 0.478 e.